The number of hydrogen-bond donors (Lipinski definition) is 0. The van der Waals surface area contributed by atoms with Crippen LogP contribution in [-0.4, -0.2) is 49.4 Å². The molecule has 4 nitrogen and oxygen atoms in total. The largest absolute Gasteiger partial charge is 0.365 e. The number of benzene rings is 2. The summed E-state index contributed by atoms with van der Waals surface area (Å²) in [5, 5.41) is 0. The third-order valence-corrected chi connectivity index (χ3v) is 6.37. The fourth-order valence-electron chi connectivity index (χ4n) is 4.73. The summed E-state index contributed by atoms with van der Waals surface area (Å²) >= 11 is 0. The topological polar surface area (TPSA) is 32.8 Å². The van der Waals surface area contributed by atoms with E-state index in [-0.39, 0.29) is 23.2 Å². The summed E-state index contributed by atoms with van der Waals surface area (Å²) in [5.74, 6) is -0.443. The highest BCUT2D eigenvalue weighted by Crippen LogP contribution is 2.44. The van der Waals surface area contributed by atoms with Crippen molar-refractivity contribution in [3.63, 3.8) is 0 Å². The molecular formula is C24H29FN2O2. The van der Waals surface area contributed by atoms with Gasteiger partial charge in [0.05, 0.1) is 18.1 Å². The van der Waals surface area contributed by atoms with Gasteiger partial charge in [0.25, 0.3) is 0 Å². The van der Waals surface area contributed by atoms with E-state index in [0.29, 0.717) is 25.1 Å². The van der Waals surface area contributed by atoms with E-state index in [2.05, 4.69) is 29.2 Å². The SMILES string of the molecule is CN(C)C(=O)C(Cc1ccccc1F)CN1CCC2(CC1)OCc1ccccc12. The maximum absolute atomic E-state index is 14.2. The Hall–Kier alpha value is -2.24. The molecule has 2 aliphatic heterocycles. The van der Waals surface area contributed by atoms with E-state index in [9.17, 15) is 9.18 Å². The quantitative estimate of drug-likeness (QED) is 0.774. The van der Waals surface area contributed by atoms with E-state index in [4.69, 9.17) is 4.74 Å². The molecular weight excluding hydrogens is 367 g/mol. The highest BCUT2D eigenvalue weighted by molar-refractivity contribution is 5.78. The molecule has 1 unspecified atom stereocenters. The smallest absolute Gasteiger partial charge is 0.226 e. The standard InChI is InChI=1S/C24H29FN2O2/c1-26(2)23(28)20(15-18-7-4-6-10-22(18)25)16-27-13-11-24(12-14-27)21-9-5-3-8-19(21)17-29-24/h3-10,20H,11-17H2,1-2H3. The normalized spacial score (nSPS) is 19.1. The molecule has 2 heterocycles. The van der Waals surface area contributed by atoms with Crippen LogP contribution in [-0.2, 0) is 28.2 Å². The van der Waals surface area contributed by atoms with Crippen LogP contribution in [0.1, 0.15) is 29.5 Å². The number of amides is 1. The maximum atomic E-state index is 14.2. The van der Waals surface area contributed by atoms with Gasteiger partial charge in [-0.1, -0.05) is 42.5 Å². The molecule has 1 atom stereocenters. The van der Waals surface area contributed by atoms with Crippen molar-refractivity contribution in [3.8, 4) is 0 Å². The Labute approximate surface area is 172 Å². The van der Waals surface area contributed by atoms with Gasteiger partial charge in [-0.2, -0.15) is 0 Å². The first kappa shape index (κ1) is 20.0. The lowest BCUT2D eigenvalue weighted by Gasteiger charge is -2.40. The van der Waals surface area contributed by atoms with Gasteiger partial charge in [-0.05, 0) is 42.0 Å². The van der Waals surface area contributed by atoms with E-state index in [1.165, 1.54) is 17.2 Å². The minimum Gasteiger partial charge on any atom is -0.365 e. The second-order valence-electron chi connectivity index (χ2n) is 8.47. The van der Waals surface area contributed by atoms with Gasteiger partial charge in [0.15, 0.2) is 0 Å². The first-order chi connectivity index (χ1) is 14.0. The Morgan fingerprint density at radius 2 is 1.83 bits per heavy atom. The number of ether oxygens (including phenoxy) is 1. The zero-order chi connectivity index (χ0) is 20.4. The summed E-state index contributed by atoms with van der Waals surface area (Å²) in [4.78, 5) is 16.8. The number of fused-ring (bicyclic) bond motifs is 2. The molecule has 2 aromatic rings. The Morgan fingerprint density at radius 1 is 1.14 bits per heavy atom. The van der Waals surface area contributed by atoms with Gasteiger partial charge in [0, 0.05) is 33.7 Å². The van der Waals surface area contributed by atoms with Crippen molar-refractivity contribution in [1.29, 1.82) is 0 Å². The first-order valence-electron chi connectivity index (χ1n) is 10.4. The summed E-state index contributed by atoms with van der Waals surface area (Å²) in [6.45, 7) is 3.08. The highest BCUT2D eigenvalue weighted by Gasteiger charge is 2.42. The lowest BCUT2D eigenvalue weighted by Crippen LogP contribution is -2.46. The third kappa shape index (κ3) is 4.07. The molecule has 154 valence electrons. The van der Waals surface area contributed by atoms with E-state index in [1.807, 2.05) is 6.07 Å². The van der Waals surface area contributed by atoms with Gasteiger partial charge in [0.1, 0.15) is 5.82 Å². The van der Waals surface area contributed by atoms with Crippen molar-refractivity contribution in [2.45, 2.75) is 31.5 Å². The predicted molar refractivity (Wildman–Crippen MR) is 111 cm³/mol. The van der Waals surface area contributed by atoms with Gasteiger partial charge in [0.2, 0.25) is 5.91 Å². The summed E-state index contributed by atoms with van der Waals surface area (Å²) in [6.07, 6.45) is 2.27. The van der Waals surface area contributed by atoms with E-state index in [0.717, 1.165) is 25.9 Å². The molecule has 0 bridgehead atoms. The van der Waals surface area contributed by atoms with Crippen LogP contribution in [0.4, 0.5) is 4.39 Å². The highest BCUT2D eigenvalue weighted by atomic mass is 19.1. The van der Waals surface area contributed by atoms with Crippen molar-refractivity contribution >= 4 is 5.91 Å². The second-order valence-corrected chi connectivity index (χ2v) is 8.47. The zero-order valence-electron chi connectivity index (χ0n) is 17.2. The molecule has 0 aromatic heterocycles. The van der Waals surface area contributed by atoms with E-state index in [1.54, 1.807) is 31.1 Å². The number of likely N-dealkylation sites (tertiary alicyclic amines) is 1. The Kier molecular flexibility index (Phi) is 5.70. The van der Waals surface area contributed by atoms with Crippen LogP contribution in [0, 0.1) is 11.7 Å². The molecule has 2 aromatic carbocycles. The number of nitrogens with zero attached hydrogens (tertiary/aromatic N) is 2. The fourth-order valence-corrected chi connectivity index (χ4v) is 4.73. The fraction of sp³-hybridized carbons (Fsp3) is 0.458. The number of carbonyl (C=O) groups excluding carboxylic acids is 1. The Balaban J connectivity index is 1.44. The van der Waals surface area contributed by atoms with Crippen LogP contribution in [0.5, 0.6) is 0 Å². The minimum absolute atomic E-state index is 0.0519. The maximum Gasteiger partial charge on any atom is 0.226 e. The Bertz CT molecular complexity index is 875. The summed E-state index contributed by atoms with van der Waals surface area (Å²) in [6, 6.07) is 15.2. The molecule has 0 N–H and O–H groups in total. The molecule has 1 spiro atoms. The minimum atomic E-state index is -0.257. The molecule has 0 radical (unpaired) electrons. The van der Waals surface area contributed by atoms with Crippen LogP contribution in [0.25, 0.3) is 0 Å². The van der Waals surface area contributed by atoms with Crippen LogP contribution in [0.15, 0.2) is 48.5 Å². The summed E-state index contributed by atoms with van der Waals surface area (Å²) in [5.41, 5.74) is 3.04. The van der Waals surface area contributed by atoms with Crippen LogP contribution >= 0.6 is 0 Å². The molecule has 1 amide bonds. The van der Waals surface area contributed by atoms with Crippen LogP contribution in [0.3, 0.4) is 0 Å². The lowest BCUT2D eigenvalue weighted by molar-refractivity contribution is -0.134. The summed E-state index contributed by atoms with van der Waals surface area (Å²) in [7, 11) is 3.54. The number of hydrogen-bond acceptors (Lipinski definition) is 3. The van der Waals surface area contributed by atoms with E-state index >= 15 is 0 Å². The number of halogens is 1. The average molecular weight is 397 g/mol. The third-order valence-electron chi connectivity index (χ3n) is 6.37. The van der Waals surface area contributed by atoms with E-state index < -0.39 is 0 Å². The first-order valence-corrected chi connectivity index (χ1v) is 10.4. The van der Waals surface area contributed by atoms with Crippen LogP contribution in [0.2, 0.25) is 0 Å². The molecule has 1 saturated heterocycles. The van der Waals surface area contributed by atoms with Crippen LogP contribution < -0.4 is 0 Å². The number of rotatable bonds is 5. The monoisotopic (exact) mass is 396 g/mol. The van der Waals surface area contributed by atoms with Crippen molar-refractivity contribution in [1.82, 2.24) is 9.80 Å². The number of piperidine rings is 1. The Morgan fingerprint density at radius 3 is 2.55 bits per heavy atom. The molecule has 1 fully saturated rings. The predicted octanol–water partition coefficient (Wildman–Crippen LogP) is 3.59. The summed E-state index contributed by atoms with van der Waals surface area (Å²) < 4.78 is 20.4. The van der Waals surface area contributed by atoms with Crippen molar-refractivity contribution in [2.75, 3.05) is 33.7 Å². The van der Waals surface area contributed by atoms with Gasteiger partial charge < -0.3 is 14.5 Å². The molecule has 0 saturated carbocycles. The second kappa shape index (κ2) is 8.25. The van der Waals surface area contributed by atoms with Gasteiger partial charge in [-0.3, -0.25) is 4.79 Å². The van der Waals surface area contributed by atoms with Crippen molar-refractivity contribution in [3.05, 3.63) is 71.0 Å². The van der Waals surface area contributed by atoms with Gasteiger partial charge in [-0.25, -0.2) is 4.39 Å². The molecule has 29 heavy (non-hydrogen) atoms. The van der Waals surface area contributed by atoms with Crippen molar-refractivity contribution in [2.24, 2.45) is 5.92 Å². The van der Waals surface area contributed by atoms with Gasteiger partial charge >= 0.3 is 0 Å². The van der Waals surface area contributed by atoms with Crippen molar-refractivity contribution < 1.29 is 13.9 Å². The molecule has 4 rings (SSSR count). The number of carbonyl (C=O) groups is 1. The molecule has 5 heteroatoms. The van der Waals surface area contributed by atoms with Gasteiger partial charge in [-0.15, -0.1) is 0 Å². The average Bonchev–Trinajstić information content (AvgIpc) is 3.08. The molecule has 2 aliphatic rings. The zero-order valence-corrected chi connectivity index (χ0v) is 17.2. The molecule has 0 aliphatic carbocycles. The lowest BCUT2D eigenvalue weighted by atomic mass is 9.83.